The van der Waals surface area contributed by atoms with E-state index in [0.29, 0.717) is 0 Å². The van der Waals surface area contributed by atoms with Gasteiger partial charge in [-0.2, -0.15) is 0 Å². The van der Waals surface area contributed by atoms with E-state index < -0.39 is 0 Å². The number of hydrogen-bond donors (Lipinski definition) is 3. The lowest BCUT2D eigenvalue weighted by Crippen LogP contribution is -1.90. The van der Waals surface area contributed by atoms with Crippen LogP contribution in [0.4, 0.5) is 11.5 Å². The van der Waals surface area contributed by atoms with Gasteiger partial charge in [-0.3, -0.25) is 10.2 Å². The van der Waals surface area contributed by atoms with Gasteiger partial charge >= 0.3 is 0 Å². The van der Waals surface area contributed by atoms with Crippen LogP contribution in [0.15, 0.2) is 54.6 Å². The summed E-state index contributed by atoms with van der Waals surface area (Å²) in [4.78, 5) is 0. The second-order valence-electron chi connectivity index (χ2n) is 4.78. The molecule has 3 nitrogen and oxygen atoms in total. The van der Waals surface area contributed by atoms with Gasteiger partial charge in [-0.05, 0) is 35.7 Å². The summed E-state index contributed by atoms with van der Waals surface area (Å²) in [5.74, 6) is 0.957. The number of H-pyrrole nitrogens is 2. The molecule has 0 unspecified atom stereocenters. The number of rotatable bonds is 2. The summed E-state index contributed by atoms with van der Waals surface area (Å²) >= 11 is 5.90. The third-order valence-electron chi connectivity index (χ3n) is 3.49. The SMILES string of the molecule is Clc1ccc(Nc2[nH][nH]c3c4ccccc4cc2-3)cc1. The molecule has 0 fully saturated rings. The van der Waals surface area contributed by atoms with Gasteiger partial charge in [0.1, 0.15) is 5.82 Å². The standard InChI is InChI=1S/C16H12ClN3/c17-11-5-7-12(8-6-11)18-16-14-9-10-3-1-2-4-13(10)15(14)19-20-16/h1-9,18-20H. The first-order chi connectivity index (χ1) is 9.81. The fourth-order valence-corrected chi connectivity index (χ4v) is 2.65. The average molecular weight is 282 g/mol. The molecule has 0 amide bonds. The summed E-state index contributed by atoms with van der Waals surface area (Å²) in [5.41, 5.74) is 3.27. The third kappa shape index (κ3) is 1.75. The fourth-order valence-electron chi connectivity index (χ4n) is 2.52. The highest BCUT2D eigenvalue weighted by Crippen LogP contribution is 2.38. The molecule has 4 heteroatoms. The third-order valence-corrected chi connectivity index (χ3v) is 3.75. The van der Waals surface area contributed by atoms with Crippen LogP contribution in [0.2, 0.25) is 5.02 Å². The Balaban J connectivity index is 1.77. The van der Waals surface area contributed by atoms with Crippen molar-refractivity contribution in [2.24, 2.45) is 0 Å². The van der Waals surface area contributed by atoms with Gasteiger partial charge in [0.2, 0.25) is 0 Å². The lowest BCUT2D eigenvalue weighted by atomic mass is 10.2. The van der Waals surface area contributed by atoms with Crippen LogP contribution >= 0.6 is 11.6 Å². The number of anilines is 2. The Morgan fingerprint density at radius 2 is 1.70 bits per heavy atom. The molecule has 0 saturated heterocycles. The zero-order valence-electron chi connectivity index (χ0n) is 10.6. The molecule has 2 aliphatic rings. The predicted octanol–water partition coefficient (Wildman–Crippen LogP) is 5.00. The van der Waals surface area contributed by atoms with Gasteiger partial charge in [0.15, 0.2) is 0 Å². The molecule has 1 heterocycles. The number of nitrogens with one attached hydrogen (secondary N) is 3. The molecule has 20 heavy (non-hydrogen) atoms. The number of benzene rings is 2. The van der Waals surface area contributed by atoms with Gasteiger partial charge in [0.05, 0.1) is 5.69 Å². The van der Waals surface area contributed by atoms with Crippen molar-refractivity contribution in [1.29, 1.82) is 0 Å². The maximum absolute atomic E-state index is 5.90. The maximum atomic E-state index is 5.90. The van der Waals surface area contributed by atoms with Gasteiger partial charge in [-0.15, -0.1) is 0 Å². The van der Waals surface area contributed by atoms with E-state index in [1.165, 1.54) is 10.8 Å². The molecule has 0 radical (unpaired) electrons. The minimum atomic E-state index is 0.734. The van der Waals surface area contributed by atoms with E-state index in [-0.39, 0.29) is 0 Å². The van der Waals surface area contributed by atoms with Crippen LogP contribution in [-0.4, -0.2) is 10.2 Å². The van der Waals surface area contributed by atoms with E-state index in [0.717, 1.165) is 27.8 Å². The van der Waals surface area contributed by atoms with Gasteiger partial charge in [0.25, 0.3) is 0 Å². The number of fused-ring (bicyclic) bond motifs is 3. The van der Waals surface area contributed by atoms with Crippen molar-refractivity contribution in [2.75, 3.05) is 5.32 Å². The largest absolute Gasteiger partial charge is 0.340 e. The molecule has 0 aromatic heterocycles. The first-order valence-electron chi connectivity index (χ1n) is 6.42. The van der Waals surface area contributed by atoms with Crippen molar-refractivity contribution >= 4 is 33.9 Å². The van der Waals surface area contributed by atoms with Crippen molar-refractivity contribution < 1.29 is 0 Å². The van der Waals surface area contributed by atoms with Crippen LogP contribution < -0.4 is 5.32 Å². The van der Waals surface area contributed by atoms with E-state index in [1.54, 1.807) is 0 Å². The Kier molecular flexibility index (Phi) is 2.47. The topological polar surface area (TPSA) is 43.6 Å². The number of aromatic nitrogens is 2. The maximum Gasteiger partial charge on any atom is 0.132 e. The minimum absolute atomic E-state index is 0.734. The van der Waals surface area contributed by atoms with Crippen LogP contribution in [-0.2, 0) is 0 Å². The number of aromatic amines is 2. The second kappa shape index (κ2) is 4.32. The van der Waals surface area contributed by atoms with Crippen LogP contribution in [0.5, 0.6) is 0 Å². The van der Waals surface area contributed by atoms with Crippen molar-refractivity contribution in [3.63, 3.8) is 0 Å². The lowest BCUT2D eigenvalue weighted by Gasteiger charge is -2.04. The first kappa shape index (κ1) is 11.4. The number of hydrogen-bond acceptors (Lipinski definition) is 1. The molecule has 0 spiro atoms. The molecule has 1 aliphatic heterocycles. The Bertz CT molecular complexity index is 842. The molecule has 4 rings (SSSR count). The highest BCUT2D eigenvalue weighted by atomic mass is 35.5. The molecular formula is C16H12ClN3. The highest BCUT2D eigenvalue weighted by molar-refractivity contribution is 6.30. The molecule has 1 aliphatic carbocycles. The molecule has 3 N–H and O–H groups in total. The van der Waals surface area contributed by atoms with Crippen molar-refractivity contribution in [2.45, 2.75) is 0 Å². The quantitative estimate of drug-likeness (QED) is 0.476. The smallest absolute Gasteiger partial charge is 0.132 e. The minimum Gasteiger partial charge on any atom is -0.340 e. The monoisotopic (exact) mass is 281 g/mol. The average Bonchev–Trinajstić information content (AvgIpc) is 3.01. The van der Waals surface area contributed by atoms with E-state index >= 15 is 0 Å². The van der Waals surface area contributed by atoms with E-state index in [9.17, 15) is 0 Å². The highest BCUT2D eigenvalue weighted by Gasteiger charge is 2.16. The van der Waals surface area contributed by atoms with Gasteiger partial charge in [-0.25, -0.2) is 0 Å². The van der Waals surface area contributed by atoms with E-state index in [2.05, 4.69) is 45.8 Å². The summed E-state index contributed by atoms with van der Waals surface area (Å²) < 4.78 is 0. The predicted molar refractivity (Wildman–Crippen MR) is 84.0 cm³/mol. The Labute approximate surface area is 120 Å². The summed E-state index contributed by atoms with van der Waals surface area (Å²) in [6, 6.07) is 18.2. The molecule has 2 aromatic carbocycles. The Hall–Kier alpha value is -2.39. The van der Waals surface area contributed by atoms with E-state index in [4.69, 9.17) is 11.6 Å². The first-order valence-corrected chi connectivity index (χ1v) is 6.79. The van der Waals surface area contributed by atoms with Crippen molar-refractivity contribution in [3.05, 3.63) is 59.6 Å². The van der Waals surface area contributed by atoms with Crippen LogP contribution in [0.25, 0.3) is 22.0 Å². The van der Waals surface area contributed by atoms with Crippen LogP contribution in [0.1, 0.15) is 0 Å². The van der Waals surface area contributed by atoms with E-state index in [1.807, 2.05) is 24.3 Å². The zero-order valence-corrected chi connectivity index (χ0v) is 11.3. The van der Waals surface area contributed by atoms with Gasteiger partial charge in [-0.1, -0.05) is 35.9 Å². The fraction of sp³-hybridized carbons (Fsp3) is 0. The second-order valence-corrected chi connectivity index (χ2v) is 5.21. The Morgan fingerprint density at radius 3 is 2.55 bits per heavy atom. The zero-order chi connectivity index (χ0) is 13.5. The molecular weight excluding hydrogens is 270 g/mol. The van der Waals surface area contributed by atoms with Gasteiger partial charge in [0, 0.05) is 21.7 Å². The summed E-state index contributed by atoms with van der Waals surface area (Å²) in [6.07, 6.45) is 0. The normalized spacial score (nSPS) is 11.2. The summed E-state index contributed by atoms with van der Waals surface area (Å²) in [6.45, 7) is 0. The lowest BCUT2D eigenvalue weighted by molar-refractivity contribution is 1.11. The van der Waals surface area contributed by atoms with Gasteiger partial charge < -0.3 is 5.32 Å². The number of halogens is 1. The summed E-state index contributed by atoms with van der Waals surface area (Å²) in [5, 5.41) is 13.0. The van der Waals surface area contributed by atoms with Crippen molar-refractivity contribution in [3.8, 4) is 11.3 Å². The molecule has 0 atom stereocenters. The van der Waals surface area contributed by atoms with Crippen molar-refractivity contribution in [1.82, 2.24) is 10.2 Å². The Morgan fingerprint density at radius 1 is 0.900 bits per heavy atom. The molecule has 98 valence electrons. The van der Waals surface area contributed by atoms with Crippen LogP contribution in [0, 0.1) is 0 Å². The van der Waals surface area contributed by atoms with Crippen LogP contribution in [0.3, 0.4) is 0 Å². The molecule has 0 bridgehead atoms. The molecule has 0 saturated carbocycles. The summed E-state index contributed by atoms with van der Waals surface area (Å²) in [7, 11) is 0. The molecule has 2 aromatic rings.